The second kappa shape index (κ2) is 3.58. The molecular formula is C10H14N2S. The molecule has 1 aromatic heterocycles. The van der Waals surface area contributed by atoms with Crippen molar-refractivity contribution in [2.75, 3.05) is 0 Å². The summed E-state index contributed by atoms with van der Waals surface area (Å²) in [7, 11) is 0. The van der Waals surface area contributed by atoms with Gasteiger partial charge in [0.2, 0.25) is 0 Å². The number of aryl methyl sites for hydroxylation is 2. The van der Waals surface area contributed by atoms with Gasteiger partial charge >= 0.3 is 0 Å². The summed E-state index contributed by atoms with van der Waals surface area (Å²) >= 11 is 5.26. The smallest absolute Gasteiger partial charge is 0.133 e. The molecule has 13 heavy (non-hydrogen) atoms. The predicted octanol–water partition coefficient (Wildman–Crippen LogP) is 2.72. The van der Waals surface area contributed by atoms with E-state index in [1.807, 2.05) is 6.92 Å². The number of nitrogens with zero attached hydrogens (tertiary/aromatic N) is 1. The van der Waals surface area contributed by atoms with Crippen molar-refractivity contribution in [2.45, 2.75) is 39.0 Å². The molecule has 2 rings (SSSR count). The zero-order valence-electron chi connectivity index (χ0n) is 7.89. The maximum atomic E-state index is 5.26. The molecule has 0 aliphatic heterocycles. The van der Waals surface area contributed by atoms with Gasteiger partial charge in [0.15, 0.2) is 0 Å². The summed E-state index contributed by atoms with van der Waals surface area (Å²) in [5.41, 5.74) is 2.62. The Bertz CT molecular complexity index is 368. The third kappa shape index (κ3) is 1.80. The Labute approximate surface area is 83.4 Å². The SMILES string of the molecule is Cc1nc(=S)c2c([nH]1)CCCCC2. The van der Waals surface area contributed by atoms with Crippen molar-refractivity contribution in [1.82, 2.24) is 9.97 Å². The lowest BCUT2D eigenvalue weighted by atomic mass is 10.1. The second-order valence-electron chi connectivity index (χ2n) is 3.65. The molecule has 0 spiro atoms. The van der Waals surface area contributed by atoms with Crippen LogP contribution in [0.25, 0.3) is 0 Å². The first-order valence-electron chi connectivity index (χ1n) is 4.86. The first-order valence-corrected chi connectivity index (χ1v) is 5.27. The van der Waals surface area contributed by atoms with E-state index in [1.165, 1.54) is 30.5 Å². The van der Waals surface area contributed by atoms with Gasteiger partial charge in [-0.1, -0.05) is 18.6 Å². The minimum absolute atomic E-state index is 0.813. The number of fused-ring (bicyclic) bond motifs is 1. The minimum atomic E-state index is 0.813. The van der Waals surface area contributed by atoms with Gasteiger partial charge in [-0.15, -0.1) is 0 Å². The normalized spacial score (nSPS) is 16.4. The van der Waals surface area contributed by atoms with Crippen LogP contribution in [0.2, 0.25) is 0 Å². The molecule has 1 N–H and O–H groups in total. The Morgan fingerprint density at radius 1 is 1.23 bits per heavy atom. The lowest BCUT2D eigenvalue weighted by molar-refractivity contribution is 0.708. The number of nitrogens with one attached hydrogen (secondary N) is 1. The number of hydrogen-bond acceptors (Lipinski definition) is 2. The summed E-state index contributed by atoms with van der Waals surface area (Å²) in [5, 5.41) is 0. The van der Waals surface area contributed by atoms with Crippen LogP contribution < -0.4 is 0 Å². The molecule has 0 fully saturated rings. The van der Waals surface area contributed by atoms with Crippen molar-refractivity contribution in [1.29, 1.82) is 0 Å². The highest BCUT2D eigenvalue weighted by molar-refractivity contribution is 7.71. The lowest BCUT2D eigenvalue weighted by Crippen LogP contribution is -2.01. The van der Waals surface area contributed by atoms with Gasteiger partial charge in [-0.25, -0.2) is 4.98 Å². The van der Waals surface area contributed by atoms with Crippen LogP contribution in [-0.4, -0.2) is 9.97 Å². The molecule has 0 amide bonds. The van der Waals surface area contributed by atoms with E-state index in [9.17, 15) is 0 Å². The fourth-order valence-corrected chi connectivity index (χ4v) is 2.28. The zero-order chi connectivity index (χ0) is 9.26. The largest absolute Gasteiger partial charge is 0.347 e. The van der Waals surface area contributed by atoms with Gasteiger partial charge in [0.1, 0.15) is 10.5 Å². The molecule has 1 heterocycles. The van der Waals surface area contributed by atoms with Crippen LogP contribution in [-0.2, 0) is 12.8 Å². The van der Waals surface area contributed by atoms with E-state index in [0.29, 0.717) is 0 Å². The molecule has 0 saturated heterocycles. The van der Waals surface area contributed by atoms with Crippen LogP contribution >= 0.6 is 12.2 Å². The monoisotopic (exact) mass is 194 g/mol. The number of hydrogen-bond donors (Lipinski definition) is 1. The fraction of sp³-hybridized carbons (Fsp3) is 0.600. The predicted molar refractivity (Wildman–Crippen MR) is 55.4 cm³/mol. The summed E-state index contributed by atoms with van der Waals surface area (Å²) in [6.45, 7) is 1.97. The fourth-order valence-electron chi connectivity index (χ4n) is 1.92. The van der Waals surface area contributed by atoms with Crippen LogP contribution in [0.15, 0.2) is 0 Å². The summed E-state index contributed by atoms with van der Waals surface area (Å²) in [6.07, 6.45) is 6.10. The topological polar surface area (TPSA) is 28.7 Å². The van der Waals surface area contributed by atoms with Crippen LogP contribution in [0, 0.1) is 11.6 Å². The average molecular weight is 194 g/mol. The maximum Gasteiger partial charge on any atom is 0.133 e. The van der Waals surface area contributed by atoms with E-state index in [0.717, 1.165) is 23.3 Å². The first-order chi connectivity index (χ1) is 6.27. The lowest BCUT2D eigenvalue weighted by Gasteiger charge is -2.06. The molecule has 0 saturated carbocycles. The third-order valence-corrected chi connectivity index (χ3v) is 2.91. The molecule has 0 unspecified atom stereocenters. The Morgan fingerprint density at radius 3 is 2.85 bits per heavy atom. The van der Waals surface area contributed by atoms with Gasteiger partial charge in [-0.05, 0) is 32.6 Å². The van der Waals surface area contributed by atoms with Crippen molar-refractivity contribution in [2.24, 2.45) is 0 Å². The standard InChI is InChI=1S/C10H14N2S/c1-7-11-9-6-4-2-3-5-8(9)10(13)12-7/h2-6H2,1H3,(H,11,12,13). The quantitative estimate of drug-likeness (QED) is 0.508. The highest BCUT2D eigenvalue weighted by Gasteiger charge is 2.10. The Balaban J connectivity index is 2.53. The van der Waals surface area contributed by atoms with Gasteiger partial charge < -0.3 is 4.98 Å². The molecule has 0 aromatic carbocycles. The summed E-state index contributed by atoms with van der Waals surface area (Å²) < 4.78 is 0.813. The molecule has 0 radical (unpaired) electrons. The molecule has 2 nitrogen and oxygen atoms in total. The van der Waals surface area contributed by atoms with Crippen LogP contribution in [0.4, 0.5) is 0 Å². The van der Waals surface area contributed by atoms with Gasteiger partial charge in [-0.3, -0.25) is 0 Å². The van der Waals surface area contributed by atoms with E-state index < -0.39 is 0 Å². The van der Waals surface area contributed by atoms with Crippen LogP contribution in [0.5, 0.6) is 0 Å². The highest BCUT2D eigenvalue weighted by Crippen LogP contribution is 2.19. The number of rotatable bonds is 0. The number of H-pyrrole nitrogens is 1. The van der Waals surface area contributed by atoms with Crippen molar-refractivity contribution >= 4 is 12.2 Å². The van der Waals surface area contributed by atoms with Crippen LogP contribution in [0.3, 0.4) is 0 Å². The van der Waals surface area contributed by atoms with E-state index in [1.54, 1.807) is 0 Å². The molecule has 70 valence electrons. The van der Waals surface area contributed by atoms with Crippen LogP contribution in [0.1, 0.15) is 36.3 Å². The first kappa shape index (κ1) is 8.88. The summed E-state index contributed by atoms with van der Waals surface area (Å²) in [6, 6.07) is 0. The Morgan fingerprint density at radius 2 is 2.00 bits per heavy atom. The molecule has 0 atom stereocenters. The molecule has 1 aliphatic carbocycles. The molecule has 3 heteroatoms. The van der Waals surface area contributed by atoms with E-state index in [-0.39, 0.29) is 0 Å². The van der Waals surface area contributed by atoms with Gasteiger partial charge in [0.05, 0.1) is 0 Å². The van der Waals surface area contributed by atoms with E-state index in [4.69, 9.17) is 12.2 Å². The van der Waals surface area contributed by atoms with Crippen molar-refractivity contribution < 1.29 is 0 Å². The molecular weight excluding hydrogens is 180 g/mol. The van der Waals surface area contributed by atoms with Crippen molar-refractivity contribution in [3.63, 3.8) is 0 Å². The van der Waals surface area contributed by atoms with Crippen molar-refractivity contribution in [3.8, 4) is 0 Å². The maximum absolute atomic E-state index is 5.26. The second-order valence-corrected chi connectivity index (χ2v) is 4.03. The van der Waals surface area contributed by atoms with Gasteiger partial charge in [-0.2, -0.15) is 0 Å². The Hall–Kier alpha value is -0.700. The zero-order valence-corrected chi connectivity index (χ0v) is 8.71. The molecule has 1 aliphatic rings. The number of aromatic amines is 1. The minimum Gasteiger partial charge on any atom is -0.347 e. The molecule has 1 aromatic rings. The van der Waals surface area contributed by atoms with Gasteiger partial charge in [0.25, 0.3) is 0 Å². The number of aromatic nitrogens is 2. The highest BCUT2D eigenvalue weighted by atomic mass is 32.1. The van der Waals surface area contributed by atoms with E-state index in [2.05, 4.69) is 9.97 Å². The van der Waals surface area contributed by atoms with Gasteiger partial charge in [0, 0.05) is 11.3 Å². The van der Waals surface area contributed by atoms with E-state index >= 15 is 0 Å². The summed E-state index contributed by atoms with van der Waals surface area (Å²) in [4.78, 5) is 7.62. The van der Waals surface area contributed by atoms with Crippen molar-refractivity contribution in [3.05, 3.63) is 21.7 Å². The molecule has 0 bridgehead atoms. The Kier molecular flexibility index (Phi) is 2.44. The summed E-state index contributed by atoms with van der Waals surface area (Å²) in [5.74, 6) is 0.950. The average Bonchev–Trinajstić information content (AvgIpc) is 2.28. The third-order valence-electron chi connectivity index (χ3n) is 2.58.